The van der Waals surface area contributed by atoms with Crippen molar-refractivity contribution in [1.29, 1.82) is 0 Å². The number of hydrogen-bond acceptors (Lipinski definition) is 11. The first-order valence-electron chi connectivity index (χ1n) is 20.6. The number of likely N-dealkylation sites (tertiary alicyclic amines) is 1. The second kappa shape index (κ2) is 15.9. The average molecular weight is 825 g/mol. The average Bonchev–Trinajstić information content (AvgIpc) is 4.14. The van der Waals surface area contributed by atoms with Crippen molar-refractivity contribution in [1.82, 2.24) is 30.1 Å². The Kier molecular flexibility index (Phi) is 11.1. The van der Waals surface area contributed by atoms with E-state index in [0.717, 1.165) is 49.6 Å². The van der Waals surface area contributed by atoms with E-state index in [1.54, 1.807) is 6.92 Å². The molecule has 8 rings (SSSR count). The molecule has 0 spiro atoms. The fourth-order valence-electron chi connectivity index (χ4n) is 8.50. The van der Waals surface area contributed by atoms with Gasteiger partial charge >= 0.3 is 6.09 Å². The molecule has 3 N–H and O–H groups in total. The van der Waals surface area contributed by atoms with Gasteiger partial charge in [0.1, 0.15) is 42.3 Å². The van der Waals surface area contributed by atoms with E-state index >= 15 is 0 Å². The molecule has 314 valence electrons. The van der Waals surface area contributed by atoms with E-state index in [9.17, 15) is 32.0 Å². The summed E-state index contributed by atoms with van der Waals surface area (Å²) >= 11 is 0. The molecule has 1 aromatic carbocycles. The second-order valence-corrected chi connectivity index (χ2v) is 19.3. The summed E-state index contributed by atoms with van der Waals surface area (Å²) in [6, 6.07) is 6.50. The minimum atomic E-state index is -4.00. The van der Waals surface area contributed by atoms with Crippen molar-refractivity contribution in [3.63, 3.8) is 0 Å². The van der Waals surface area contributed by atoms with Crippen LogP contribution in [-0.2, 0) is 35.6 Å². The van der Waals surface area contributed by atoms with Gasteiger partial charge in [-0.2, -0.15) is 0 Å². The molecule has 17 heteroatoms. The summed E-state index contributed by atoms with van der Waals surface area (Å²) in [5.41, 5.74) is -0.134. The van der Waals surface area contributed by atoms with E-state index in [2.05, 4.69) is 26.8 Å². The number of benzene rings is 1. The number of carbonyl (C=O) groups excluding carboxylic acids is 4. The third kappa shape index (κ3) is 8.34. The number of aromatic nitrogens is 1. The quantitative estimate of drug-likeness (QED) is 0.223. The largest absolute Gasteiger partial charge is 0.492 e. The number of amides is 4. The molecule has 4 amide bonds. The Hall–Kier alpha value is -4.51. The third-order valence-corrected chi connectivity index (χ3v) is 14.9. The van der Waals surface area contributed by atoms with Gasteiger partial charge in [-0.05, 0) is 76.3 Å². The molecule has 3 aliphatic carbocycles. The molecule has 2 aromatic rings. The molecule has 15 nitrogen and oxygen atoms in total. The van der Waals surface area contributed by atoms with Gasteiger partial charge < -0.3 is 29.7 Å². The van der Waals surface area contributed by atoms with Gasteiger partial charge in [-0.25, -0.2) is 22.6 Å². The monoisotopic (exact) mass is 824 g/mol. The molecular weight excluding hydrogens is 772 g/mol. The maximum Gasteiger partial charge on any atom is 0.407 e. The molecule has 0 unspecified atom stereocenters. The fourth-order valence-corrected chi connectivity index (χ4v) is 9.81. The van der Waals surface area contributed by atoms with Crippen LogP contribution in [0.4, 0.5) is 9.18 Å². The minimum Gasteiger partial charge on any atom is -0.492 e. The Morgan fingerprint density at radius 1 is 1.12 bits per heavy atom. The summed E-state index contributed by atoms with van der Waals surface area (Å²) < 4.78 is 59.4. The van der Waals surface area contributed by atoms with E-state index < -0.39 is 74.9 Å². The van der Waals surface area contributed by atoms with Crippen molar-refractivity contribution in [2.75, 3.05) is 39.3 Å². The minimum absolute atomic E-state index is 0.0220. The van der Waals surface area contributed by atoms with Crippen LogP contribution in [0.3, 0.4) is 0 Å². The van der Waals surface area contributed by atoms with Gasteiger partial charge in [0.15, 0.2) is 0 Å². The highest BCUT2D eigenvalue weighted by Gasteiger charge is 2.63. The standard InChI is InChI=1S/C41H53FN6O9S/c1-3-26-20-41(26,38(51)46-58(53,54)40(2)14-15-40)45-36(50)32-19-28-24-48(32)34(49)21-43-39(52)57-33-18-25(33)10-5-4-6-12-30-35(55-17-9-16-47-22-27(42)23-47)29-11-7-8-13-31(29)44-37(30)56-28/h3,7-8,11,13,25-28,32-33H,1,4-6,9-10,12,14-24H2,2H3,(H,43,52)(H,45,50)(H,46,51)/t25-,26+,28-,32+,33-,41-/m1/s1. The zero-order valence-electron chi connectivity index (χ0n) is 32.9. The number of pyridine rings is 1. The molecule has 1 aromatic heterocycles. The summed E-state index contributed by atoms with van der Waals surface area (Å²) in [7, 11) is -4.00. The molecule has 3 aliphatic heterocycles. The fraction of sp³-hybridized carbons (Fsp3) is 0.634. The predicted octanol–water partition coefficient (Wildman–Crippen LogP) is 3.30. The number of alkyl carbamates (subject to hydrolysis) is 1. The third-order valence-electron chi connectivity index (χ3n) is 12.7. The zero-order chi connectivity index (χ0) is 40.8. The number of sulfonamides is 1. The van der Waals surface area contributed by atoms with Gasteiger partial charge in [0.25, 0.3) is 5.91 Å². The van der Waals surface area contributed by atoms with Crippen LogP contribution in [0.2, 0.25) is 0 Å². The lowest BCUT2D eigenvalue weighted by Gasteiger charge is -2.34. The highest BCUT2D eigenvalue weighted by atomic mass is 32.2. The van der Waals surface area contributed by atoms with Crippen LogP contribution in [-0.4, -0.2) is 121 Å². The zero-order valence-corrected chi connectivity index (χ0v) is 33.7. The van der Waals surface area contributed by atoms with Gasteiger partial charge in [-0.15, -0.1) is 6.58 Å². The SMILES string of the molecule is C=C[C@H]1C[C@]1(NC(=O)[C@@H]1C[C@@H]2CN1C(=O)CNC(=O)O[C@@H]1C[C@H]1CCCCCc1c(nc3ccccc3c1OCCCN1CC(F)C1)O2)C(=O)NS(=O)(=O)C1(C)CC1. The van der Waals surface area contributed by atoms with Crippen LogP contribution in [0.15, 0.2) is 36.9 Å². The number of rotatable bonds is 11. The van der Waals surface area contributed by atoms with E-state index in [1.165, 1.54) is 11.0 Å². The number of halogens is 1. The molecular formula is C41H53FN6O9S. The topological polar surface area (TPSA) is 186 Å². The van der Waals surface area contributed by atoms with Crippen LogP contribution in [0.5, 0.6) is 11.6 Å². The maximum atomic E-state index is 14.3. The number of fused-ring (bicyclic) bond motifs is 5. The van der Waals surface area contributed by atoms with Crippen molar-refractivity contribution in [2.24, 2.45) is 11.8 Å². The summed E-state index contributed by atoms with van der Waals surface area (Å²) in [6.07, 6.45) is 5.68. The normalized spacial score (nSPS) is 29.8. The van der Waals surface area contributed by atoms with Gasteiger partial charge in [-0.3, -0.25) is 24.0 Å². The highest BCUT2D eigenvalue weighted by Crippen LogP contribution is 2.47. The molecule has 6 aliphatic rings. The van der Waals surface area contributed by atoms with Crippen LogP contribution >= 0.6 is 0 Å². The molecule has 58 heavy (non-hydrogen) atoms. The van der Waals surface area contributed by atoms with Gasteiger partial charge in [0.2, 0.25) is 27.7 Å². The van der Waals surface area contributed by atoms with Crippen molar-refractivity contribution in [3.8, 4) is 11.6 Å². The highest BCUT2D eigenvalue weighted by molar-refractivity contribution is 7.91. The Morgan fingerprint density at radius 3 is 2.66 bits per heavy atom. The lowest BCUT2D eigenvalue weighted by atomic mass is 10.0. The second-order valence-electron chi connectivity index (χ2n) is 17.1. The van der Waals surface area contributed by atoms with E-state index in [0.29, 0.717) is 62.5 Å². The first-order valence-corrected chi connectivity index (χ1v) is 22.1. The number of para-hydroxylation sites is 1. The Morgan fingerprint density at radius 2 is 1.91 bits per heavy atom. The van der Waals surface area contributed by atoms with Gasteiger partial charge in [0.05, 0.1) is 29.0 Å². The first kappa shape index (κ1) is 40.3. The Bertz CT molecular complexity index is 2080. The molecule has 2 saturated heterocycles. The number of hydrogen-bond donors (Lipinski definition) is 3. The van der Waals surface area contributed by atoms with E-state index in [4.69, 9.17) is 19.2 Å². The van der Waals surface area contributed by atoms with Crippen LogP contribution in [0, 0.1) is 11.8 Å². The predicted molar refractivity (Wildman–Crippen MR) is 210 cm³/mol. The molecule has 6 atom stereocenters. The molecule has 2 bridgehead atoms. The van der Waals surface area contributed by atoms with Crippen molar-refractivity contribution in [2.45, 2.75) is 112 Å². The number of ether oxygens (including phenoxy) is 3. The summed E-state index contributed by atoms with van der Waals surface area (Å²) in [6.45, 7) is 6.87. The van der Waals surface area contributed by atoms with Gasteiger partial charge in [-0.1, -0.05) is 31.1 Å². The molecule has 3 saturated carbocycles. The van der Waals surface area contributed by atoms with Crippen LogP contribution < -0.4 is 24.8 Å². The lowest BCUT2D eigenvalue weighted by molar-refractivity contribution is -0.139. The summed E-state index contributed by atoms with van der Waals surface area (Å²) in [5, 5.41) is 6.17. The van der Waals surface area contributed by atoms with E-state index in [-0.39, 0.29) is 31.4 Å². The molecule has 4 heterocycles. The first-order chi connectivity index (χ1) is 27.8. The molecule has 0 radical (unpaired) electrons. The lowest BCUT2D eigenvalue weighted by Crippen LogP contribution is -2.57. The molecule has 5 fully saturated rings. The summed E-state index contributed by atoms with van der Waals surface area (Å²) in [4.78, 5) is 62.8. The number of nitrogens with one attached hydrogen (secondary N) is 3. The van der Waals surface area contributed by atoms with Gasteiger partial charge in [0, 0.05) is 37.4 Å². The Balaban J connectivity index is 1.06. The number of alkyl halides is 1. The van der Waals surface area contributed by atoms with Crippen molar-refractivity contribution < 1.29 is 46.2 Å². The van der Waals surface area contributed by atoms with Crippen molar-refractivity contribution in [3.05, 3.63) is 42.5 Å². The van der Waals surface area contributed by atoms with Crippen LogP contribution in [0.25, 0.3) is 10.9 Å². The van der Waals surface area contributed by atoms with Crippen LogP contribution in [0.1, 0.15) is 76.7 Å². The van der Waals surface area contributed by atoms with E-state index in [1.807, 2.05) is 24.3 Å². The maximum absolute atomic E-state index is 14.3. The number of carbonyl (C=O) groups is 4. The summed E-state index contributed by atoms with van der Waals surface area (Å²) in [5.74, 6) is -1.36. The van der Waals surface area contributed by atoms with Crippen molar-refractivity contribution >= 4 is 44.7 Å². The Labute approximate surface area is 337 Å². The smallest absolute Gasteiger partial charge is 0.407 e. The number of nitrogens with zero attached hydrogens (tertiary/aromatic N) is 3.